The van der Waals surface area contributed by atoms with Gasteiger partial charge in [-0.25, -0.2) is 0 Å². The summed E-state index contributed by atoms with van der Waals surface area (Å²) in [5.74, 6) is -0.543. The van der Waals surface area contributed by atoms with Gasteiger partial charge in [-0.2, -0.15) is 5.26 Å². The highest BCUT2D eigenvalue weighted by Crippen LogP contribution is 2.37. The zero-order valence-electron chi connectivity index (χ0n) is 14.7. The Morgan fingerprint density at radius 1 is 1.21 bits per heavy atom. The quantitative estimate of drug-likeness (QED) is 0.434. The molecule has 0 aliphatic rings. The van der Waals surface area contributed by atoms with E-state index in [-0.39, 0.29) is 27.5 Å². The van der Waals surface area contributed by atoms with Crippen molar-refractivity contribution in [2.75, 3.05) is 16.4 Å². The first kappa shape index (κ1) is 18.9. The first-order valence-corrected chi connectivity index (χ1v) is 8.93. The van der Waals surface area contributed by atoms with Gasteiger partial charge in [-0.05, 0) is 25.1 Å². The van der Waals surface area contributed by atoms with Gasteiger partial charge >= 0.3 is 0 Å². The van der Waals surface area contributed by atoms with Crippen LogP contribution in [0.4, 0.5) is 27.8 Å². The van der Waals surface area contributed by atoms with Crippen molar-refractivity contribution in [3.05, 3.63) is 74.6 Å². The number of hydrogen-bond acceptors (Lipinski definition) is 7. The van der Waals surface area contributed by atoms with Gasteiger partial charge in [-0.1, -0.05) is 24.3 Å². The number of nitro benzene ring substituents is 1. The number of amides is 1. The van der Waals surface area contributed by atoms with E-state index in [1.807, 2.05) is 36.4 Å². The number of nitrogen functional groups attached to an aromatic ring is 1. The summed E-state index contributed by atoms with van der Waals surface area (Å²) in [7, 11) is 0. The third-order valence-corrected chi connectivity index (χ3v) is 5.08. The summed E-state index contributed by atoms with van der Waals surface area (Å²) in [6.45, 7) is 1.61. The fourth-order valence-corrected chi connectivity index (χ4v) is 3.52. The summed E-state index contributed by atoms with van der Waals surface area (Å²) in [5.41, 5.74) is 7.65. The highest BCUT2D eigenvalue weighted by Gasteiger charge is 2.22. The Labute approximate surface area is 164 Å². The second-order valence-electron chi connectivity index (χ2n) is 5.86. The average molecular weight is 393 g/mol. The maximum atomic E-state index is 12.6. The molecule has 8 nitrogen and oxygen atoms in total. The van der Waals surface area contributed by atoms with Crippen LogP contribution >= 0.6 is 11.3 Å². The topological polar surface area (TPSA) is 134 Å². The fraction of sp³-hybridized carbons (Fsp3) is 0.0526. The number of carbonyl (C=O) groups is 1. The lowest BCUT2D eigenvalue weighted by Gasteiger charge is -2.05. The molecule has 0 atom stereocenters. The number of aryl methyl sites for hydroxylation is 1. The summed E-state index contributed by atoms with van der Waals surface area (Å²) >= 11 is 1.04. The molecule has 0 aliphatic heterocycles. The van der Waals surface area contributed by atoms with Crippen molar-refractivity contribution in [3.63, 3.8) is 0 Å². The van der Waals surface area contributed by atoms with Crippen LogP contribution in [-0.2, 0) is 0 Å². The molecule has 1 aromatic heterocycles. The lowest BCUT2D eigenvalue weighted by molar-refractivity contribution is -0.385. The average Bonchev–Trinajstić information content (AvgIpc) is 2.99. The zero-order valence-corrected chi connectivity index (χ0v) is 15.5. The van der Waals surface area contributed by atoms with E-state index < -0.39 is 10.8 Å². The minimum absolute atomic E-state index is 0.0602. The number of nitrogens with two attached hydrogens (primary N) is 1. The Kier molecular flexibility index (Phi) is 5.24. The van der Waals surface area contributed by atoms with Crippen molar-refractivity contribution in [1.82, 2.24) is 0 Å². The monoisotopic (exact) mass is 393 g/mol. The molecule has 0 bridgehead atoms. The molecule has 0 radical (unpaired) electrons. The number of para-hydroxylation sites is 1. The minimum atomic E-state index is -0.543. The second kappa shape index (κ2) is 7.77. The summed E-state index contributed by atoms with van der Waals surface area (Å²) < 4.78 is 0. The van der Waals surface area contributed by atoms with E-state index in [1.165, 1.54) is 6.07 Å². The van der Waals surface area contributed by atoms with Crippen LogP contribution < -0.4 is 16.4 Å². The third kappa shape index (κ3) is 3.77. The molecule has 140 valence electrons. The predicted molar refractivity (Wildman–Crippen MR) is 109 cm³/mol. The Morgan fingerprint density at radius 3 is 2.57 bits per heavy atom. The molecule has 4 N–H and O–H groups in total. The van der Waals surface area contributed by atoms with E-state index in [1.54, 1.807) is 19.1 Å². The van der Waals surface area contributed by atoms with Crippen molar-refractivity contribution >= 4 is 45.0 Å². The van der Waals surface area contributed by atoms with Gasteiger partial charge in [-0.3, -0.25) is 14.9 Å². The smallest absolute Gasteiger partial charge is 0.274 e. The predicted octanol–water partition coefficient (Wildman–Crippen LogP) is 4.41. The molecule has 0 unspecified atom stereocenters. The van der Waals surface area contributed by atoms with Crippen LogP contribution in [-0.4, -0.2) is 10.8 Å². The molecular weight excluding hydrogens is 378 g/mol. The number of nitro groups is 1. The van der Waals surface area contributed by atoms with Crippen molar-refractivity contribution in [2.45, 2.75) is 6.92 Å². The van der Waals surface area contributed by atoms with Gasteiger partial charge in [0.2, 0.25) is 0 Å². The Morgan fingerprint density at radius 2 is 1.93 bits per heavy atom. The Bertz CT molecular complexity index is 1100. The molecule has 9 heteroatoms. The van der Waals surface area contributed by atoms with E-state index in [0.29, 0.717) is 10.6 Å². The number of nitrogens with zero attached hydrogens (tertiary/aromatic N) is 2. The fourth-order valence-electron chi connectivity index (χ4n) is 2.54. The van der Waals surface area contributed by atoms with Gasteiger partial charge < -0.3 is 16.4 Å². The molecule has 0 saturated heterocycles. The van der Waals surface area contributed by atoms with Gasteiger partial charge in [0.1, 0.15) is 21.5 Å². The van der Waals surface area contributed by atoms with Crippen LogP contribution in [0.2, 0.25) is 0 Å². The molecule has 0 spiro atoms. The second-order valence-corrected chi connectivity index (χ2v) is 6.88. The number of carbonyl (C=O) groups excluding carboxylic acids is 1. The number of anilines is 4. The van der Waals surface area contributed by atoms with Crippen molar-refractivity contribution in [3.8, 4) is 6.07 Å². The van der Waals surface area contributed by atoms with E-state index in [4.69, 9.17) is 5.73 Å². The molecule has 2 aromatic carbocycles. The largest absolute Gasteiger partial charge is 0.396 e. The van der Waals surface area contributed by atoms with Crippen LogP contribution in [0.25, 0.3) is 0 Å². The lowest BCUT2D eigenvalue weighted by Crippen LogP contribution is -2.12. The first-order chi connectivity index (χ1) is 13.4. The Hall–Kier alpha value is -3.90. The first-order valence-electron chi connectivity index (χ1n) is 8.11. The molecule has 3 rings (SSSR count). The minimum Gasteiger partial charge on any atom is -0.396 e. The van der Waals surface area contributed by atoms with Gasteiger partial charge in [0.05, 0.1) is 10.6 Å². The molecule has 3 aromatic rings. The van der Waals surface area contributed by atoms with Crippen LogP contribution in [0.1, 0.15) is 20.8 Å². The number of benzene rings is 2. The van der Waals surface area contributed by atoms with E-state index in [0.717, 1.165) is 17.0 Å². The van der Waals surface area contributed by atoms with Gasteiger partial charge in [-0.15, -0.1) is 11.3 Å². The molecule has 1 amide bonds. The number of thiophene rings is 1. The van der Waals surface area contributed by atoms with Crippen LogP contribution in [0.5, 0.6) is 0 Å². The van der Waals surface area contributed by atoms with E-state index in [2.05, 4.69) is 10.6 Å². The van der Waals surface area contributed by atoms with Crippen molar-refractivity contribution in [1.29, 1.82) is 5.26 Å². The summed E-state index contributed by atoms with van der Waals surface area (Å²) in [6, 6.07) is 15.6. The van der Waals surface area contributed by atoms with Gasteiger partial charge in [0.15, 0.2) is 0 Å². The van der Waals surface area contributed by atoms with Crippen molar-refractivity contribution < 1.29 is 9.72 Å². The van der Waals surface area contributed by atoms with E-state index in [9.17, 15) is 20.2 Å². The number of nitrogens with one attached hydrogen (secondary N) is 2. The number of hydrogen-bond donors (Lipinski definition) is 3. The van der Waals surface area contributed by atoms with Gasteiger partial charge in [0, 0.05) is 23.0 Å². The standard InChI is InChI=1S/C19H15N5O3S/c1-11-7-8-13(9-15(11)24(26)27)22-18(25)17-16(21)14(10-20)19(28-17)23-12-5-3-2-4-6-12/h2-9,23H,21H2,1H3,(H,22,25). The summed E-state index contributed by atoms with van der Waals surface area (Å²) in [4.78, 5) is 23.4. The maximum absolute atomic E-state index is 12.6. The molecular formula is C19H15N5O3S. The summed E-state index contributed by atoms with van der Waals surface area (Å²) in [5, 5.41) is 26.6. The number of nitriles is 1. The molecule has 0 saturated carbocycles. The summed E-state index contributed by atoms with van der Waals surface area (Å²) in [6.07, 6.45) is 0. The normalized spacial score (nSPS) is 10.1. The van der Waals surface area contributed by atoms with E-state index >= 15 is 0 Å². The highest BCUT2D eigenvalue weighted by molar-refractivity contribution is 7.19. The van der Waals surface area contributed by atoms with Crippen LogP contribution in [0.3, 0.4) is 0 Å². The lowest BCUT2D eigenvalue weighted by atomic mass is 10.2. The molecule has 0 aliphatic carbocycles. The Balaban J connectivity index is 1.89. The van der Waals surface area contributed by atoms with Gasteiger partial charge in [0.25, 0.3) is 11.6 Å². The molecule has 1 heterocycles. The van der Waals surface area contributed by atoms with Crippen LogP contribution in [0.15, 0.2) is 48.5 Å². The SMILES string of the molecule is Cc1ccc(NC(=O)c2sc(Nc3ccccc3)c(C#N)c2N)cc1[N+](=O)[O-]. The third-order valence-electron chi connectivity index (χ3n) is 3.96. The zero-order chi connectivity index (χ0) is 20.3. The maximum Gasteiger partial charge on any atom is 0.274 e. The highest BCUT2D eigenvalue weighted by atomic mass is 32.1. The van der Waals surface area contributed by atoms with Crippen molar-refractivity contribution in [2.24, 2.45) is 0 Å². The molecule has 28 heavy (non-hydrogen) atoms. The number of rotatable bonds is 5. The van der Waals surface area contributed by atoms with Crippen LogP contribution in [0, 0.1) is 28.4 Å². The molecule has 0 fully saturated rings.